The monoisotopic (exact) mass is 202 g/mol. The van der Waals surface area contributed by atoms with E-state index in [2.05, 4.69) is 0 Å². The molecule has 14 heavy (non-hydrogen) atoms. The Balaban J connectivity index is 1.82. The van der Waals surface area contributed by atoms with E-state index in [-0.39, 0.29) is 12.2 Å². The first-order valence-corrected chi connectivity index (χ1v) is 5.33. The largest absolute Gasteiger partial charge is 0.390 e. The highest BCUT2D eigenvalue weighted by Gasteiger charge is 2.31. The number of aliphatic hydroxyl groups is 1. The summed E-state index contributed by atoms with van der Waals surface area (Å²) in [4.78, 5) is 0. The minimum absolute atomic E-state index is 0.133. The van der Waals surface area contributed by atoms with Crippen LogP contribution in [0.1, 0.15) is 12.8 Å². The Kier molecular flexibility index (Phi) is 3.75. The number of hydrogen-bond donors (Lipinski definition) is 1. The number of hydrogen-bond acceptors (Lipinski definition) is 4. The van der Waals surface area contributed by atoms with Crippen LogP contribution in [-0.2, 0) is 14.2 Å². The smallest absolute Gasteiger partial charge is 0.107 e. The Morgan fingerprint density at radius 3 is 2.43 bits per heavy atom. The molecular weight excluding hydrogens is 184 g/mol. The highest BCUT2D eigenvalue weighted by atomic mass is 16.6. The van der Waals surface area contributed by atoms with Crippen LogP contribution in [0.2, 0.25) is 0 Å². The van der Waals surface area contributed by atoms with Gasteiger partial charge in [-0.05, 0) is 18.8 Å². The van der Waals surface area contributed by atoms with Gasteiger partial charge in [-0.3, -0.25) is 0 Å². The summed E-state index contributed by atoms with van der Waals surface area (Å²) in [6, 6.07) is 0. The second-order valence-electron chi connectivity index (χ2n) is 3.92. The van der Waals surface area contributed by atoms with Gasteiger partial charge in [0.05, 0.1) is 25.9 Å². The highest BCUT2D eigenvalue weighted by molar-refractivity contribution is 4.80. The van der Waals surface area contributed by atoms with Gasteiger partial charge < -0.3 is 19.3 Å². The normalized spacial score (nSPS) is 32.8. The minimum Gasteiger partial charge on any atom is -0.390 e. The molecule has 2 unspecified atom stereocenters. The lowest BCUT2D eigenvalue weighted by Crippen LogP contribution is -2.43. The van der Waals surface area contributed by atoms with E-state index in [9.17, 15) is 5.11 Å². The molecule has 4 heteroatoms. The fourth-order valence-corrected chi connectivity index (χ4v) is 2.06. The van der Waals surface area contributed by atoms with E-state index in [0.717, 1.165) is 26.1 Å². The second-order valence-corrected chi connectivity index (χ2v) is 3.92. The van der Waals surface area contributed by atoms with E-state index in [1.54, 1.807) is 0 Å². The topological polar surface area (TPSA) is 47.9 Å². The van der Waals surface area contributed by atoms with Gasteiger partial charge in [0.15, 0.2) is 0 Å². The van der Waals surface area contributed by atoms with Gasteiger partial charge in [-0.1, -0.05) is 0 Å². The molecule has 0 aromatic carbocycles. The van der Waals surface area contributed by atoms with Gasteiger partial charge in [-0.25, -0.2) is 0 Å². The maximum atomic E-state index is 10.0. The van der Waals surface area contributed by atoms with Crippen LogP contribution in [0.25, 0.3) is 0 Å². The fourth-order valence-electron chi connectivity index (χ4n) is 2.06. The molecule has 4 nitrogen and oxygen atoms in total. The molecule has 2 saturated heterocycles. The van der Waals surface area contributed by atoms with E-state index in [4.69, 9.17) is 14.2 Å². The van der Waals surface area contributed by atoms with Crippen LogP contribution in [0.15, 0.2) is 0 Å². The molecule has 82 valence electrons. The summed E-state index contributed by atoms with van der Waals surface area (Å²) in [7, 11) is 0. The van der Waals surface area contributed by atoms with Gasteiger partial charge >= 0.3 is 0 Å². The van der Waals surface area contributed by atoms with E-state index >= 15 is 0 Å². The maximum absolute atomic E-state index is 10.0. The predicted molar refractivity (Wildman–Crippen MR) is 50.1 cm³/mol. The lowest BCUT2D eigenvalue weighted by molar-refractivity contribution is -0.151. The average molecular weight is 202 g/mol. The van der Waals surface area contributed by atoms with Gasteiger partial charge in [-0.2, -0.15) is 0 Å². The zero-order chi connectivity index (χ0) is 9.80. The summed E-state index contributed by atoms with van der Waals surface area (Å²) in [5.41, 5.74) is 0. The molecule has 2 aliphatic heterocycles. The standard InChI is InChI=1S/C10H18O4/c11-10(8-1-3-12-4-2-8)9-7-13-5-6-14-9/h8-11H,1-7H2. The Labute approximate surface area is 84.1 Å². The Bertz CT molecular complexity index is 144. The summed E-state index contributed by atoms with van der Waals surface area (Å²) >= 11 is 0. The molecule has 0 aliphatic carbocycles. The van der Waals surface area contributed by atoms with E-state index < -0.39 is 0 Å². The molecule has 0 aromatic rings. The summed E-state index contributed by atoms with van der Waals surface area (Å²) in [5, 5.41) is 10.0. The van der Waals surface area contributed by atoms with Gasteiger partial charge in [-0.15, -0.1) is 0 Å². The van der Waals surface area contributed by atoms with E-state index in [0.29, 0.717) is 25.7 Å². The summed E-state index contributed by atoms with van der Waals surface area (Å²) in [6.45, 7) is 3.30. The maximum Gasteiger partial charge on any atom is 0.107 e. The molecule has 0 saturated carbocycles. The second kappa shape index (κ2) is 5.07. The third-order valence-electron chi connectivity index (χ3n) is 2.97. The van der Waals surface area contributed by atoms with Crippen molar-refractivity contribution in [3.05, 3.63) is 0 Å². The van der Waals surface area contributed by atoms with Crippen molar-refractivity contribution in [3.63, 3.8) is 0 Å². The number of ether oxygens (including phenoxy) is 3. The van der Waals surface area contributed by atoms with Crippen LogP contribution < -0.4 is 0 Å². The van der Waals surface area contributed by atoms with Crippen LogP contribution in [0.5, 0.6) is 0 Å². The van der Waals surface area contributed by atoms with Crippen molar-refractivity contribution >= 4 is 0 Å². The Morgan fingerprint density at radius 2 is 1.79 bits per heavy atom. The van der Waals surface area contributed by atoms with E-state index in [1.807, 2.05) is 0 Å². The van der Waals surface area contributed by atoms with Gasteiger partial charge in [0.1, 0.15) is 6.10 Å². The van der Waals surface area contributed by atoms with Crippen LogP contribution >= 0.6 is 0 Å². The fraction of sp³-hybridized carbons (Fsp3) is 1.00. The molecule has 1 N–H and O–H groups in total. The van der Waals surface area contributed by atoms with Gasteiger partial charge in [0.25, 0.3) is 0 Å². The first-order chi connectivity index (χ1) is 6.88. The average Bonchev–Trinajstić information content (AvgIpc) is 2.30. The Hall–Kier alpha value is -0.160. The molecule has 2 heterocycles. The summed E-state index contributed by atoms with van der Waals surface area (Å²) in [6.07, 6.45) is 1.34. The van der Waals surface area contributed by atoms with Crippen LogP contribution in [-0.4, -0.2) is 50.3 Å². The van der Waals surface area contributed by atoms with Crippen molar-refractivity contribution in [1.29, 1.82) is 0 Å². The molecule has 2 rings (SSSR count). The minimum atomic E-state index is -0.390. The molecule has 0 bridgehead atoms. The molecule has 0 amide bonds. The third kappa shape index (κ3) is 2.45. The van der Waals surface area contributed by atoms with Crippen molar-refractivity contribution < 1.29 is 19.3 Å². The SMILES string of the molecule is OC(C1CCOCC1)C1COCCO1. The van der Waals surface area contributed by atoms with Crippen molar-refractivity contribution in [1.82, 2.24) is 0 Å². The molecule has 0 radical (unpaired) electrons. The molecule has 0 aromatic heterocycles. The third-order valence-corrected chi connectivity index (χ3v) is 2.97. The first kappa shape index (κ1) is 10.4. The Morgan fingerprint density at radius 1 is 1.00 bits per heavy atom. The summed E-state index contributed by atoms with van der Waals surface area (Å²) in [5.74, 6) is 0.315. The van der Waals surface area contributed by atoms with Gasteiger partial charge in [0, 0.05) is 13.2 Å². The van der Waals surface area contributed by atoms with E-state index in [1.165, 1.54) is 0 Å². The predicted octanol–water partition coefficient (Wildman–Crippen LogP) is 0.189. The molecular formula is C10H18O4. The van der Waals surface area contributed by atoms with Crippen molar-refractivity contribution in [2.24, 2.45) is 5.92 Å². The number of rotatable bonds is 2. The first-order valence-electron chi connectivity index (χ1n) is 5.33. The van der Waals surface area contributed by atoms with Gasteiger partial charge in [0.2, 0.25) is 0 Å². The van der Waals surface area contributed by atoms with Crippen LogP contribution in [0.3, 0.4) is 0 Å². The van der Waals surface area contributed by atoms with Crippen molar-refractivity contribution in [2.45, 2.75) is 25.0 Å². The quantitative estimate of drug-likeness (QED) is 0.694. The van der Waals surface area contributed by atoms with Crippen molar-refractivity contribution in [2.75, 3.05) is 33.0 Å². The molecule has 2 fully saturated rings. The zero-order valence-electron chi connectivity index (χ0n) is 8.35. The van der Waals surface area contributed by atoms with Crippen LogP contribution in [0, 0.1) is 5.92 Å². The van der Waals surface area contributed by atoms with Crippen LogP contribution in [0.4, 0.5) is 0 Å². The highest BCUT2D eigenvalue weighted by Crippen LogP contribution is 2.23. The number of aliphatic hydroxyl groups excluding tert-OH is 1. The lowest BCUT2D eigenvalue weighted by atomic mass is 9.90. The molecule has 0 spiro atoms. The lowest BCUT2D eigenvalue weighted by Gasteiger charge is -2.33. The van der Waals surface area contributed by atoms with Crippen molar-refractivity contribution in [3.8, 4) is 0 Å². The molecule has 2 atom stereocenters. The molecule has 2 aliphatic rings. The zero-order valence-corrected chi connectivity index (χ0v) is 8.35. The summed E-state index contributed by atoms with van der Waals surface area (Å²) < 4.78 is 16.0.